The average Bonchev–Trinajstić information content (AvgIpc) is 3.46. The van der Waals surface area contributed by atoms with E-state index in [2.05, 4.69) is 15.6 Å². The van der Waals surface area contributed by atoms with Crippen LogP contribution in [0.15, 0.2) is 48.5 Å². The quantitative estimate of drug-likeness (QED) is 0.744. The number of benzene rings is 2. The lowest BCUT2D eigenvalue weighted by Crippen LogP contribution is -2.24. The number of rotatable bonds is 5. The Bertz CT molecular complexity index is 988. The summed E-state index contributed by atoms with van der Waals surface area (Å²) in [6.07, 6.45) is 1.90. The van der Waals surface area contributed by atoms with E-state index in [1.165, 1.54) is 0 Å². The summed E-state index contributed by atoms with van der Waals surface area (Å²) in [5.74, 6) is 0.754. The second kappa shape index (κ2) is 6.63. The number of carbonyl (C=O) groups is 2. The van der Waals surface area contributed by atoms with Gasteiger partial charge in [0, 0.05) is 24.2 Å². The highest BCUT2D eigenvalue weighted by Crippen LogP contribution is 2.30. The number of hydrogen-bond acceptors (Lipinski definition) is 3. The molecule has 3 aromatic rings. The lowest BCUT2D eigenvalue weighted by molar-refractivity contribution is -0.117. The molecule has 4 rings (SSSR count). The molecule has 6 heteroatoms. The number of carbonyl (C=O) groups excluding carboxylic acids is 2. The summed E-state index contributed by atoms with van der Waals surface area (Å²) in [7, 11) is 1.94. The first-order valence-electron chi connectivity index (χ1n) is 8.71. The largest absolute Gasteiger partial charge is 0.345 e. The highest BCUT2D eigenvalue weighted by molar-refractivity contribution is 5.98. The van der Waals surface area contributed by atoms with Gasteiger partial charge in [0.05, 0.1) is 17.6 Å². The Morgan fingerprint density at radius 1 is 1.15 bits per heavy atom. The van der Waals surface area contributed by atoms with Crippen LogP contribution in [0.4, 0.5) is 5.69 Å². The van der Waals surface area contributed by atoms with Crippen LogP contribution < -0.4 is 10.6 Å². The van der Waals surface area contributed by atoms with Gasteiger partial charge in [-0.15, -0.1) is 0 Å². The molecule has 0 spiro atoms. The Labute approximate surface area is 151 Å². The van der Waals surface area contributed by atoms with Crippen molar-refractivity contribution in [2.75, 3.05) is 5.32 Å². The summed E-state index contributed by atoms with van der Waals surface area (Å²) in [4.78, 5) is 28.9. The molecule has 1 fully saturated rings. The van der Waals surface area contributed by atoms with Crippen molar-refractivity contribution in [2.24, 2.45) is 13.0 Å². The van der Waals surface area contributed by atoms with Crippen LogP contribution in [0.2, 0.25) is 0 Å². The van der Waals surface area contributed by atoms with Gasteiger partial charge in [-0.3, -0.25) is 9.59 Å². The zero-order valence-electron chi connectivity index (χ0n) is 14.5. The van der Waals surface area contributed by atoms with E-state index in [0.29, 0.717) is 17.8 Å². The normalized spacial score (nSPS) is 13.6. The average molecular weight is 348 g/mol. The number of anilines is 1. The fourth-order valence-corrected chi connectivity index (χ4v) is 2.94. The minimum Gasteiger partial charge on any atom is -0.345 e. The molecule has 1 saturated carbocycles. The fourth-order valence-electron chi connectivity index (χ4n) is 2.94. The fraction of sp³-hybridized carbons (Fsp3) is 0.250. The van der Waals surface area contributed by atoms with Crippen LogP contribution in [0.1, 0.15) is 29.0 Å². The molecule has 1 aromatic heterocycles. The van der Waals surface area contributed by atoms with Gasteiger partial charge in [0.2, 0.25) is 5.91 Å². The standard InChI is InChI=1S/C20H20N4O2/c1-24-17-8-3-2-7-16(17)23-18(24)12-21-19(25)14-5-4-6-15(11-14)22-20(26)13-9-10-13/h2-8,11,13H,9-10,12H2,1H3,(H,21,25)(H,22,26). The molecule has 6 nitrogen and oxygen atoms in total. The van der Waals surface area contributed by atoms with Gasteiger partial charge in [-0.2, -0.15) is 0 Å². The predicted octanol–water partition coefficient (Wildman–Crippen LogP) is 2.85. The number of aromatic nitrogens is 2. The molecule has 2 amide bonds. The zero-order valence-corrected chi connectivity index (χ0v) is 14.5. The van der Waals surface area contributed by atoms with Crippen molar-refractivity contribution in [3.8, 4) is 0 Å². The van der Waals surface area contributed by atoms with Crippen molar-refractivity contribution in [3.05, 3.63) is 59.9 Å². The van der Waals surface area contributed by atoms with Crippen molar-refractivity contribution in [1.82, 2.24) is 14.9 Å². The molecule has 0 saturated heterocycles. The Morgan fingerprint density at radius 2 is 1.96 bits per heavy atom. The molecule has 1 aliphatic carbocycles. The number of nitrogens with zero attached hydrogens (tertiary/aromatic N) is 2. The number of para-hydroxylation sites is 2. The maximum absolute atomic E-state index is 12.5. The van der Waals surface area contributed by atoms with Crippen LogP contribution in [-0.4, -0.2) is 21.4 Å². The Kier molecular flexibility index (Phi) is 4.16. The number of aryl methyl sites for hydroxylation is 1. The zero-order chi connectivity index (χ0) is 18.1. The predicted molar refractivity (Wildman–Crippen MR) is 99.7 cm³/mol. The summed E-state index contributed by atoms with van der Waals surface area (Å²) in [5, 5.41) is 5.76. The van der Waals surface area contributed by atoms with Gasteiger partial charge in [0.25, 0.3) is 5.91 Å². The van der Waals surface area contributed by atoms with Crippen LogP contribution in [0.3, 0.4) is 0 Å². The van der Waals surface area contributed by atoms with Gasteiger partial charge < -0.3 is 15.2 Å². The number of imidazole rings is 1. The SMILES string of the molecule is Cn1c(CNC(=O)c2cccc(NC(=O)C3CC3)c2)nc2ccccc21. The van der Waals surface area contributed by atoms with E-state index in [-0.39, 0.29) is 17.7 Å². The van der Waals surface area contributed by atoms with Crippen LogP contribution in [0.5, 0.6) is 0 Å². The molecule has 0 radical (unpaired) electrons. The molecule has 1 heterocycles. The molecule has 2 N–H and O–H groups in total. The second-order valence-corrected chi connectivity index (χ2v) is 6.60. The third-order valence-corrected chi connectivity index (χ3v) is 4.63. The van der Waals surface area contributed by atoms with E-state index < -0.39 is 0 Å². The molecule has 0 bridgehead atoms. The van der Waals surface area contributed by atoms with Crippen LogP contribution in [0.25, 0.3) is 11.0 Å². The van der Waals surface area contributed by atoms with E-state index in [9.17, 15) is 9.59 Å². The summed E-state index contributed by atoms with van der Waals surface area (Å²) >= 11 is 0. The maximum Gasteiger partial charge on any atom is 0.251 e. The highest BCUT2D eigenvalue weighted by Gasteiger charge is 2.29. The number of nitrogens with one attached hydrogen (secondary N) is 2. The Balaban J connectivity index is 1.44. The molecule has 26 heavy (non-hydrogen) atoms. The van der Waals surface area contributed by atoms with Crippen LogP contribution >= 0.6 is 0 Å². The molecular formula is C20H20N4O2. The monoisotopic (exact) mass is 348 g/mol. The third kappa shape index (κ3) is 3.31. The van der Waals surface area contributed by atoms with E-state index in [0.717, 1.165) is 29.7 Å². The minimum absolute atomic E-state index is 0.0299. The Morgan fingerprint density at radius 3 is 2.73 bits per heavy atom. The first-order chi connectivity index (χ1) is 12.6. The lowest BCUT2D eigenvalue weighted by Gasteiger charge is -2.08. The second-order valence-electron chi connectivity index (χ2n) is 6.60. The van der Waals surface area contributed by atoms with Crippen molar-refractivity contribution in [2.45, 2.75) is 19.4 Å². The van der Waals surface area contributed by atoms with E-state index >= 15 is 0 Å². The third-order valence-electron chi connectivity index (χ3n) is 4.63. The smallest absolute Gasteiger partial charge is 0.251 e. The number of amides is 2. The highest BCUT2D eigenvalue weighted by atomic mass is 16.2. The number of fused-ring (bicyclic) bond motifs is 1. The van der Waals surface area contributed by atoms with Gasteiger partial charge >= 0.3 is 0 Å². The van der Waals surface area contributed by atoms with E-state index in [4.69, 9.17) is 0 Å². The molecule has 1 aliphatic rings. The summed E-state index contributed by atoms with van der Waals surface area (Å²) in [6.45, 7) is 0.336. The Hall–Kier alpha value is -3.15. The van der Waals surface area contributed by atoms with E-state index in [1.54, 1.807) is 24.3 Å². The van der Waals surface area contributed by atoms with Crippen molar-refractivity contribution >= 4 is 28.5 Å². The van der Waals surface area contributed by atoms with Crippen molar-refractivity contribution in [3.63, 3.8) is 0 Å². The molecule has 132 valence electrons. The number of hydrogen-bond donors (Lipinski definition) is 2. The van der Waals surface area contributed by atoms with Gasteiger partial charge in [-0.1, -0.05) is 18.2 Å². The van der Waals surface area contributed by atoms with Gasteiger partial charge in [-0.05, 0) is 43.2 Å². The molecule has 0 atom stereocenters. The summed E-state index contributed by atoms with van der Waals surface area (Å²) in [5.41, 5.74) is 3.10. The van der Waals surface area contributed by atoms with E-state index in [1.807, 2.05) is 35.9 Å². The van der Waals surface area contributed by atoms with Crippen molar-refractivity contribution < 1.29 is 9.59 Å². The van der Waals surface area contributed by atoms with Gasteiger partial charge in [0.15, 0.2) is 0 Å². The molecule has 0 aliphatic heterocycles. The summed E-state index contributed by atoms with van der Waals surface area (Å²) in [6, 6.07) is 14.9. The van der Waals surface area contributed by atoms with Gasteiger partial charge in [-0.25, -0.2) is 4.98 Å². The van der Waals surface area contributed by atoms with Crippen LogP contribution in [-0.2, 0) is 18.4 Å². The lowest BCUT2D eigenvalue weighted by atomic mass is 10.2. The molecule has 2 aromatic carbocycles. The maximum atomic E-state index is 12.5. The topological polar surface area (TPSA) is 76.0 Å². The van der Waals surface area contributed by atoms with Gasteiger partial charge in [0.1, 0.15) is 5.82 Å². The molecular weight excluding hydrogens is 328 g/mol. The van der Waals surface area contributed by atoms with Crippen molar-refractivity contribution in [1.29, 1.82) is 0 Å². The molecule has 0 unspecified atom stereocenters. The minimum atomic E-state index is -0.195. The first kappa shape index (κ1) is 16.3. The first-order valence-corrected chi connectivity index (χ1v) is 8.71. The van der Waals surface area contributed by atoms with Crippen LogP contribution in [0, 0.1) is 5.92 Å². The summed E-state index contributed by atoms with van der Waals surface area (Å²) < 4.78 is 1.97.